The Morgan fingerprint density at radius 3 is 2.68 bits per heavy atom. The molecular formula is C23H33IN6O. The van der Waals surface area contributed by atoms with Gasteiger partial charge in [-0.15, -0.1) is 24.0 Å². The molecule has 1 aliphatic carbocycles. The topological polar surface area (TPSA) is 74.6 Å². The van der Waals surface area contributed by atoms with Crippen LogP contribution in [0.1, 0.15) is 44.1 Å². The number of nitrogens with one attached hydrogen (secondary N) is 2. The van der Waals surface area contributed by atoms with Gasteiger partial charge in [0.05, 0.1) is 11.9 Å². The number of likely N-dealkylation sites (tertiary alicyclic amines) is 1. The molecule has 1 aromatic heterocycles. The molecule has 1 atom stereocenters. The Morgan fingerprint density at radius 1 is 1.16 bits per heavy atom. The lowest BCUT2D eigenvalue weighted by Crippen LogP contribution is -2.45. The predicted octanol–water partition coefficient (Wildman–Crippen LogP) is 3.34. The zero-order valence-corrected chi connectivity index (χ0v) is 20.5. The number of carbonyl (C=O) groups is 1. The van der Waals surface area contributed by atoms with E-state index in [-0.39, 0.29) is 35.9 Å². The molecule has 168 valence electrons. The Kier molecular flexibility index (Phi) is 8.74. The van der Waals surface area contributed by atoms with E-state index in [1.54, 1.807) is 7.05 Å². The number of hydrogen-bond acceptors (Lipinski definition) is 3. The number of halogens is 1. The van der Waals surface area contributed by atoms with Gasteiger partial charge in [0.25, 0.3) is 0 Å². The normalized spacial score (nSPS) is 19.7. The minimum atomic E-state index is 0. The quantitative estimate of drug-likeness (QED) is 0.350. The molecule has 1 unspecified atom stereocenters. The van der Waals surface area contributed by atoms with Crippen molar-refractivity contribution in [2.24, 2.45) is 10.9 Å². The lowest BCUT2D eigenvalue weighted by Gasteiger charge is -2.26. The second kappa shape index (κ2) is 11.5. The minimum absolute atomic E-state index is 0. The lowest BCUT2D eigenvalue weighted by atomic mass is 9.88. The van der Waals surface area contributed by atoms with Gasteiger partial charge in [-0.1, -0.05) is 37.5 Å². The molecule has 2 fully saturated rings. The first kappa shape index (κ1) is 23.6. The maximum atomic E-state index is 12.8. The molecule has 1 amide bonds. The highest BCUT2D eigenvalue weighted by Crippen LogP contribution is 2.26. The maximum absolute atomic E-state index is 12.8. The second-order valence-electron chi connectivity index (χ2n) is 8.30. The van der Waals surface area contributed by atoms with Crippen molar-refractivity contribution >= 4 is 35.8 Å². The van der Waals surface area contributed by atoms with Crippen LogP contribution in [-0.2, 0) is 11.3 Å². The Bertz CT molecular complexity index is 862. The van der Waals surface area contributed by atoms with E-state index in [4.69, 9.17) is 0 Å². The zero-order valence-electron chi connectivity index (χ0n) is 18.2. The summed E-state index contributed by atoms with van der Waals surface area (Å²) in [6.07, 6.45) is 10.7. The number of guanidine groups is 1. The van der Waals surface area contributed by atoms with E-state index in [0.717, 1.165) is 49.6 Å². The Morgan fingerprint density at radius 2 is 1.94 bits per heavy atom. The molecule has 0 bridgehead atoms. The summed E-state index contributed by atoms with van der Waals surface area (Å²) < 4.78 is 1.87. The van der Waals surface area contributed by atoms with Gasteiger partial charge in [-0.2, -0.15) is 5.10 Å². The first-order valence-corrected chi connectivity index (χ1v) is 11.1. The van der Waals surface area contributed by atoms with Gasteiger partial charge in [0.1, 0.15) is 0 Å². The van der Waals surface area contributed by atoms with Crippen LogP contribution in [0.4, 0.5) is 0 Å². The second-order valence-corrected chi connectivity index (χ2v) is 8.30. The van der Waals surface area contributed by atoms with Gasteiger partial charge in [-0.05, 0) is 31.4 Å². The number of benzene rings is 1. The molecule has 2 aliphatic rings. The number of aromatic nitrogens is 2. The molecule has 0 radical (unpaired) electrons. The third-order valence-electron chi connectivity index (χ3n) is 6.14. The SMILES string of the molecule is CN=C(NCc1cnn(-c2ccccc2)c1)NC1CCN(C(=O)C2CCCCC2)C1.I. The summed E-state index contributed by atoms with van der Waals surface area (Å²) in [5.74, 6) is 1.37. The molecule has 1 aromatic carbocycles. The molecule has 7 nitrogen and oxygen atoms in total. The summed E-state index contributed by atoms with van der Waals surface area (Å²) in [4.78, 5) is 19.2. The van der Waals surface area contributed by atoms with E-state index in [0.29, 0.717) is 12.5 Å². The fraction of sp³-hybridized carbons (Fsp3) is 0.522. The Balaban J connectivity index is 0.00000272. The van der Waals surface area contributed by atoms with Crippen molar-refractivity contribution in [1.82, 2.24) is 25.3 Å². The monoisotopic (exact) mass is 536 g/mol. The molecule has 4 rings (SSSR count). The molecule has 1 aliphatic heterocycles. The number of nitrogens with zero attached hydrogens (tertiary/aromatic N) is 4. The van der Waals surface area contributed by atoms with Crippen LogP contribution in [0.2, 0.25) is 0 Å². The lowest BCUT2D eigenvalue weighted by molar-refractivity contribution is -0.135. The number of rotatable bonds is 5. The number of hydrogen-bond donors (Lipinski definition) is 2. The maximum Gasteiger partial charge on any atom is 0.225 e. The highest BCUT2D eigenvalue weighted by atomic mass is 127. The fourth-order valence-corrected chi connectivity index (χ4v) is 4.43. The average Bonchev–Trinajstić information content (AvgIpc) is 3.47. The van der Waals surface area contributed by atoms with Crippen LogP contribution >= 0.6 is 24.0 Å². The average molecular weight is 536 g/mol. The molecular weight excluding hydrogens is 503 g/mol. The highest BCUT2D eigenvalue weighted by Gasteiger charge is 2.31. The van der Waals surface area contributed by atoms with Crippen LogP contribution in [-0.4, -0.2) is 52.7 Å². The van der Waals surface area contributed by atoms with Crippen LogP contribution in [0, 0.1) is 5.92 Å². The third-order valence-corrected chi connectivity index (χ3v) is 6.14. The molecule has 31 heavy (non-hydrogen) atoms. The van der Waals surface area contributed by atoms with Crippen molar-refractivity contribution in [3.8, 4) is 5.69 Å². The molecule has 2 N–H and O–H groups in total. The molecule has 2 heterocycles. The minimum Gasteiger partial charge on any atom is -0.352 e. The standard InChI is InChI=1S/C23H32N6O.HI/c1-24-23(25-14-18-15-26-29(16-18)21-10-6-3-7-11-21)27-20-12-13-28(17-20)22(30)19-8-4-2-5-9-19;/h3,6-7,10-11,15-16,19-20H,2,4-5,8-9,12-14,17H2,1H3,(H2,24,25,27);1H. The number of carbonyl (C=O) groups excluding carboxylic acids is 1. The third kappa shape index (κ3) is 6.21. The summed E-state index contributed by atoms with van der Waals surface area (Å²) >= 11 is 0. The summed E-state index contributed by atoms with van der Waals surface area (Å²) in [5, 5.41) is 11.3. The van der Waals surface area contributed by atoms with E-state index in [1.165, 1.54) is 19.3 Å². The van der Waals surface area contributed by atoms with Crippen LogP contribution in [0.5, 0.6) is 0 Å². The van der Waals surface area contributed by atoms with E-state index in [1.807, 2.05) is 52.3 Å². The summed E-state index contributed by atoms with van der Waals surface area (Å²) in [6.45, 7) is 2.25. The smallest absolute Gasteiger partial charge is 0.225 e. The first-order valence-electron chi connectivity index (χ1n) is 11.1. The van der Waals surface area contributed by atoms with E-state index < -0.39 is 0 Å². The van der Waals surface area contributed by atoms with Crippen molar-refractivity contribution < 1.29 is 4.79 Å². The molecule has 1 saturated heterocycles. The molecule has 2 aromatic rings. The van der Waals surface area contributed by atoms with E-state index in [2.05, 4.69) is 20.7 Å². The van der Waals surface area contributed by atoms with Crippen molar-refractivity contribution in [3.63, 3.8) is 0 Å². The van der Waals surface area contributed by atoms with E-state index in [9.17, 15) is 4.79 Å². The zero-order chi connectivity index (χ0) is 20.8. The van der Waals surface area contributed by atoms with Gasteiger partial charge in [0.2, 0.25) is 5.91 Å². The van der Waals surface area contributed by atoms with Crippen LogP contribution in [0.3, 0.4) is 0 Å². The Labute approximate surface area is 201 Å². The number of amides is 1. The Hall–Kier alpha value is -2.10. The fourth-order valence-electron chi connectivity index (χ4n) is 4.43. The summed E-state index contributed by atoms with van der Waals surface area (Å²) in [7, 11) is 1.78. The van der Waals surface area contributed by atoms with Crippen molar-refractivity contribution in [3.05, 3.63) is 48.3 Å². The largest absolute Gasteiger partial charge is 0.352 e. The molecule has 0 spiro atoms. The van der Waals surface area contributed by atoms with Crippen LogP contribution in [0.15, 0.2) is 47.7 Å². The van der Waals surface area contributed by atoms with Crippen LogP contribution in [0.25, 0.3) is 5.69 Å². The van der Waals surface area contributed by atoms with Gasteiger partial charge in [0.15, 0.2) is 5.96 Å². The van der Waals surface area contributed by atoms with Gasteiger partial charge in [-0.25, -0.2) is 4.68 Å². The van der Waals surface area contributed by atoms with Gasteiger partial charge >= 0.3 is 0 Å². The summed E-state index contributed by atoms with van der Waals surface area (Å²) in [5.41, 5.74) is 2.13. The molecule has 8 heteroatoms. The van der Waals surface area contributed by atoms with Gasteiger partial charge in [0, 0.05) is 50.4 Å². The van der Waals surface area contributed by atoms with Gasteiger partial charge in [-0.3, -0.25) is 9.79 Å². The van der Waals surface area contributed by atoms with E-state index >= 15 is 0 Å². The van der Waals surface area contributed by atoms with Gasteiger partial charge < -0.3 is 15.5 Å². The number of para-hydroxylation sites is 1. The summed E-state index contributed by atoms with van der Waals surface area (Å²) in [6, 6.07) is 10.3. The van der Waals surface area contributed by atoms with Crippen molar-refractivity contribution in [2.45, 2.75) is 51.1 Å². The van der Waals surface area contributed by atoms with Crippen molar-refractivity contribution in [1.29, 1.82) is 0 Å². The first-order chi connectivity index (χ1) is 14.7. The number of aliphatic imine (C=N–C) groups is 1. The predicted molar refractivity (Wildman–Crippen MR) is 134 cm³/mol. The van der Waals surface area contributed by atoms with Crippen LogP contribution < -0.4 is 10.6 Å². The molecule has 1 saturated carbocycles. The van der Waals surface area contributed by atoms with Crippen molar-refractivity contribution in [2.75, 3.05) is 20.1 Å². The highest BCUT2D eigenvalue weighted by molar-refractivity contribution is 14.0.